The standard InChI is InChI=1S/C20H23N5O4S/c1-13-12-28-7-6-25(13)19-9-18(14(2)29-30(26)27)23-20(24-19)16-5-3-4-15(8-16)17-10-21-22-11-17/h3-5,8-11,13-14,30H,6-7,12H2,1-2H3,(H,21,22)/t13-,14?/m0/s1. The molecule has 0 amide bonds. The molecule has 0 saturated carbocycles. The maximum absolute atomic E-state index is 11.1. The number of ether oxygens (including phenoxy) is 1. The molecule has 3 aromatic rings. The van der Waals surface area contributed by atoms with Gasteiger partial charge in [0.15, 0.2) is 5.82 Å². The summed E-state index contributed by atoms with van der Waals surface area (Å²) < 4.78 is 32.7. The van der Waals surface area contributed by atoms with Crippen LogP contribution in [-0.4, -0.2) is 54.4 Å². The van der Waals surface area contributed by atoms with Gasteiger partial charge in [-0.1, -0.05) is 18.2 Å². The second-order valence-electron chi connectivity index (χ2n) is 7.13. The third-order valence-electron chi connectivity index (χ3n) is 5.01. The van der Waals surface area contributed by atoms with Crippen molar-refractivity contribution in [3.8, 4) is 22.5 Å². The molecule has 1 N–H and O–H groups in total. The van der Waals surface area contributed by atoms with Crippen LogP contribution in [0, 0.1) is 0 Å². The Labute approximate surface area is 176 Å². The summed E-state index contributed by atoms with van der Waals surface area (Å²) in [6.45, 7) is 5.62. The maximum Gasteiger partial charge on any atom is 0.257 e. The molecule has 2 atom stereocenters. The van der Waals surface area contributed by atoms with E-state index in [1.807, 2.05) is 30.5 Å². The second-order valence-corrected chi connectivity index (χ2v) is 7.79. The van der Waals surface area contributed by atoms with Gasteiger partial charge in [-0.25, -0.2) is 18.4 Å². The molecule has 1 aromatic carbocycles. The van der Waals surface area contributed by atoms with Crippen molar-refractivity contribution in [1.82, 2.24) is 20.2 Å². The van der Waals surface area contributed by atoms with Crippen LogP contribution in [0.4, 0.5) is 5.82 Å². The van der Waals surface area contributed by atoms with E-state index in [0.29, 0.717) is 31.3 Å². The van der Waals surface area contributed by atoms with Crippen molar-refractivity contribution in [1.29, 1.82) is 0 Å². The van der Waals surface area contributed by atoms with Crippen LogP contribution in [0.1, 0.15) is 25.6 Å². The van der Waals surface area contributed by atoms with E-state index in [4.69, 9.17) is 13.9 Å². The highest BCUT2D eigenvalue weighted by Crippen LogP contribution is 2.29. The Morgan fingerprint density at radius 1 is 1.23 bits per heavy atom. The summed E-state index contributed by atoms with van der Waals surface area (Å²) in [4.78, 5) is 11.5. The lowest BCUT2D eigenvalue weighted by Crippen LogP contribution is -2.44. The molecule has 3 heterocycles. The molecule has 0 bridgehead atoms. The van der Waals surface area contributed by atoms with Crippen LogP contribution in [0.3, 0.4) is 0 Å². The predicted molar refractivity (Wildman–Crippen MR) is 112 cm³/mol. The number of aromatic nitrogens is 4. The number of thiol groups is 1. The number of nitrogens with one attached hydrogen (secondary N) is 1. The lowest BCUT2D eigenvalue weighted by molar-refractivity contribution is 0.0985. The molecule has 1 aliphatic heterocycles. The summed E-state index contributed by atoms with van der Waals surface area (Å²) >= 11 is 0. The fourth-order valence-corrected chi connectivity index (χ4v) is 3.80. The number of rotatable bonds is 6. The van der Waals surface area contributed by atoms with Gasteiger partial charge in [0.2, 0.25) is 0 Å². The van der Waals surface area contributed by atoms with Gasteiger partial charge in [0.05, 0.1) is 31.1 Å². The largest absolute Gasteiger partial charge is 0.377 e. The van der Waals surface area contributed by atoms with Crippen molar-refractivity contribution in [3.05, 3.63) is 48.4 Å². The Bertz CT molecular complexity index is 1080. The van der Waals surface area contributed by atoms with Crippen LogP contribution >= 0.6 is 0 Å². The third kappa shape index (κ3) is 4.50. The van der Waals surface area contributed by atoms with Gasteiger partial charge in [-0.15, -0.1) is 0 Å². The Kier molecular flexibility index (Phi) is 6.07. The molecule has 1 fully saturated rings. The average Bonchev–Trinajstić information content (AvgIpc) is 3.28. The fraction of sp³-hybridized carbons (Fsp3) is 0.350. The molecule has 158 valence electrons. The SMILES string of the molecule is CC(O[SH](=O)=O)c1cc(N2CCOC[C@@H]2C)nc(-c2cccc(-c3cn[nH]c3)c2)n1. The van der Waals surface area contributed by atoms with E-state index in [0.717, 1.165) is 22.5 Å². The molecule has 1 unspecified atom stereocenters. The summed E-state index contributed by atoms with van der Waals surface area (Å²) in [5, 5.41) is 6.81. The van der Waals surface area contributed by atoms with Gasteiger partial charge in [0.25, 0.3) is 11.0 Å². The minimum Gasteiger partial charge on any atom is -0.377 e. The molecule has 4 rings (SSSR count). The van der Waals surface area contributed by atoms with Crippen LogP contribution in [0.5, 0.6) is 0 Å². The number of hydrogen-bond donors (Lipinski definition) is 2. The zero-order chi connectivity index (χ0) is 21.1. The highest BCUT2D eigenvalue weighted by atomic mass is 32.2. The smallest absolute Gasteiger partial charge is 0.257 e. The highest BCUT2D eigenvalue weighted by Gasteiger charge is 2.23. The summed E-state index contributed by atoms with van der Waals surface area (Å²) in [7, 11) is -2.99. The first kappa shape index (κ1) is 20.5. The zero-order valence-corrected chi connectivity index (χ0v) is 17.6. The molecule has 9 nitrogen and oxygen atoms in total. The molecule has 2 aromatic heterocycles. The van der Waals surface area contributed by atoms with Crippen molar-refractivity contribution in [3.63, 3.8) is 0 Å². The monoisotopic (exact) mass is 429 g/mol. The van der Waals surface area contributed by atoms with Gasteiger partial charge >= 0.3 is 0 Å². The number of morpholine rings is 1. The summed E-state index contributed by atoms with van der Waals surface area (Å²) in [5.74, 6) is 1.22. The second kappa shape index (κ2) is 8.90. The Balaban J connectivity index is 1.78. The lowest BCUT2D eigenvalue weighted by Gasteiger charge is -2.34. The number of hydrogen-bond acceptors (Lipinski definition) is 8. The highest BCUT2D eigenvalue weighted by molar-refractivity contribution is 7.67. The molecule has 30 heavy (non-hydrogen) atoms. The lowest BCUT2D eigenvalue weighted by atomic mass is 10.1. The van der Waals surface area contributed by atoms with E-state index < -0.39 is 17.1 Å². The van der Waals surface area contributed by atoms with E-state index in [9.17, 15) is 8.42 Å². The van der Waals surface area contributed by atoms with Crippen molar-refractivity contribution in [2.24, 2.45) is 0 Å². The van der Waals surface area contributed by atoms with Crippen molar-refractivity contribution in [2.45, 2.75) is 26.0 Å². The molecular weight excluding hydrogens is 406 g/mol. The van der Waals surface area contributed by atoms with Crippen molar-refractivity contribution < 1.29 is 17.3 Å². The molecule has 10 heteroatoms. The Morgan fingerprint density at radius 3 is 2.80 bits per heavy atom. The first-order valence-electron chi connectivity index (χ1n) is 9.65. The molecule has 1 aliphatic rings. The molecular formula is C20H23N5O4S. The number of nitrogens with zero attached hydrogens (tertiary/aromatic N) is 4. The average molecular weight is 430 g/mol. The van der Waals surface area contributed by atoms with Crippen LogP contribution < -0.4 is 4.90 Å². The quantitative estimate of drug-likeness (QED) is 0.575. The topological polar surface area (TPSA) is 110 Å². The van der Waals surface area contributed by atoms with Crippen LogP contribution in [0.15, 0.2) is 42.7 Å². The van der Waals surface area contributed by atoms with Gasteiger partial charge in [0.1, 0.15) is 11.9 Å². The van der Waals surface area contributed by atoms with Gasteiger partial charge in [0, 0.05) is 29.9 Å². The number of anilines is 1. The number of aromatic amines is 1. The van der Waals surface area contributed by atoms with E-state index >= 15 is 0 Å². The predicted octanol–water partition coefficient (Wildman–Crippen LogP) is 2.36. The first-order chi connectivity index (χ1) is 14.5. The first-order valence-corrected chi connectivity index (χ1v) is 10.7. The molecule has 1 saturated heterocycles. The van der Waals surface area contributed by atoms with Crippen LogP contribution in [0.25, 0.3) is 22.5 Å². The molecule has 0 aliphatic carbocycles. The molecule has 0 radical (unpaired) electrons. The Hall–Kier alpha value is -2.82. The zero-order valence-electron chi connectivity index (χ0n) is 16.7. The normalized spacial score (nSPS) is 18.0. The summed E-state index contributed by atoms with van der Waals surface area (Å²) in [6.07, 6.45) is 2.84. The van der Waals surface area contributed by atoms with Gasteiger partial charge in [-0.3, -0.25) is 9.28 Å². The van der Waals surface area contributed by atoms with E-state index in [1.165, 1.54) is 0 Å². The fourth-order valence-electron chi connectivity index (χ4n) is 3.43. The summed E-state index contributed by atoms with van der Waals surface area (Å²) in [5.41, 5.74) is 3.25. The van der Waals surface area contributed by atoms with E-state index in [-0.39, 0.29) is 6.04 Å². The Morgan fingerprint density at radius 2 is 2.07 bits per heavy atom. The molecule has 0 spiro atoms. The van der Waals surface area contributed by atoms with Crippen molar-refractivity contribution >= 4 is 16.8 Å². The summed E-state index contributed by atoms with van der Waals surface area (Å²) in [6, 6.07) is 9.74. The van der Waals surface area contributed by atoms with E-state index in [1.54, 1.807) is 19.2 Å². The number of H-pyrrole nitrogens is 1. The minimum absolute atomic E-state index is 0.138. The number of benzene rings is 1. The van der Waals surface area contributed by atoms with Gasteiger partial charge in [-0.2, -0.15) is 5.10 Å². The minimum atomic E-state index is -2.99. The third-order valence-corrected chi connectivity index (χ3v) is 5.50. The maximum atomic E-state index is 11.1. The van der Waals surface area contributed by atoms with Crippen LogP contribution in [-0.2, 0) is 19.9 Å². The van der Waals surface area contributed by atoms with Gasteiger partial charge in [-0.05, 0) is 25.5 Å². The van der Waals surface area contributed by atoms with Gasteiger partial charge < -0.3 is 9.64 Å². The van der Waals surface area contributed by atoms with Crippen molar-refractivity contribution in [2.75, 3.05) is 24.7 Å². The van der Waals surface area contributed by atoms with E-state index in [2.05, 4.69) is 27.0 Å². The van der Waals surface area contributed by atoms with Crippen LogP contribution in [0.2, 0.25) is 0 Å².